The van der Waals surface area contributed by atoms with Gasteiger partial charge in [0.25, 0.3) is 0 Å². The van der Waals surface area contributed by atoms with Crippen LogP contribution < -0.4 is 31.9 Å². The van der Waals surface area contributed by atoms with Crippen molar-refractivity contribution in [3.8, 4) is 0 Å². The summed E-state index contributed by atoms with van der Waals surface area (Å²) in [5.41, 5.74) is -1.40. The summed E-state index contributed by atoms with van der Waals surface area (Å²) in [7, 11) is 0. The van der Waals surface area contributed by atoms with E-state index in [0.717, 1.165) is 38.5 Å². The molecule has 0 aromatic carbocycles. The van der Waals surface area contributed by atoms with Crippen LogP contribution in [0.5, 0.6) is 0 Å². The number of nitrogens with one attached hydrogen (secondary N) is 6. The Balaban J connectivity index is 1.51. The first-order chi connectivity index (χ1) is 50.0. The van der Waals surface area contributed by atoms with Gasteiger partial charge in [0.15, 0.2) is 18.9 Å². The summed E-state index contributed by atoms with van der Waals surface area (Å²) in [6.07, 6.45) is -9.47. The number of rotatable bonds is 61. The van der Waals surface area contributed by atoms with Gasteiger partial charge in [-0.2, -0.15) is 0 Å². The number of hydrogen-bond acceptors (Lipinski definition) is 29. The van der Waals surface area contributed by atoms with Crippen LogP contribution in [0.1, 0.15) is 173 Å². The van der Waals surface area contributed by atoms with Crippen molar-refractivity contribution in [3.63, 3.8) is 0 Å². The number of aliphatic hydroxyl groups is 12. The molecule has 3 saturated heterocycles. The van der Waals surface area contributed by atoms with E-state index in [9.17, 15) is 99.6 Å². The second-order valence-electron chi connectivity index (χ2n) is 26.5. The number of ketones is 1. The van der Waals surface area contributed by atoms with Crippen LogP contribution in [0.4, 0.5) is 0 Å². The van der Waals surface area contributed by atoms with Gasteiger partial charge in [-0.1, -0.05) is 38.5 Å². The fourth-order valence-corrected chi connectivity index (χ4v) is 11.3. The van der Waals surface area contributed by atoms with Gasteiger partial charge in [-0.3, -0.25) is 38.4 Å². The average Bonchev–Trinajstić information content (AvgIpc) is 0.839. The average molecular weight is 1500 g/mol. The Labute approximate surface area is 607 Å². The molecule has 604 valence electrons. The van der Waals surface area contributed by atoms with Crippen LogP contribution >= 0.6 is 0 Å². The maximum Gasteiger partial charge on any atom is 0.303 e. The van der Waals surface area contributed by atoms with Crippen LogP contribution in [0.3, 0.4) is 0 Å². The third-order valence-electron chi connectivity index (χ3n) is 17.5. The van der Waals surface area contributed by atoms with Crippen molar-refractivity contribution in [1.29, 1.82) is 0 Å². The summed E-state index contributed by atoms with van der Waals surface area (Å²) >= 11 is 0. The highest BCUT2D eigenvalue weighted by Crippen LogP contribution is 2.26. The lowest BCUT2D eigenvalue weighted by Gasteiger charge is -2.39. The molecule has 3 heterocycles. The molecule has 0 aliphatic carbocycles. The van der Waals surface area contributed by atoms with Crippen molar-refractivity contribution in [3.05, 3.63) is 0 Å². The molecular weight excluding hydrogens is 1380 g/mol. The van der Waals surface area contributed by atoms with E-state index in [-0.39, 0.29) is 191 Å². The number of unbranched alkanes of at least 4 members (excludes halogenated alkanes) is 11. The predicted molar refractivity (Wildman–Crippen MR) is 365 cm³/mol. The number of ether oxygens (including phenoxy) is 9. The van der Waals surface area contributed by atoms with E-state index in [4.69, 9.17) is 47.7 Å². The third-order valence-corrected chi connectivity index (χ3v) is 17.5. The van der Waals surface area contributed by atoms with E-state index in [2.05, 4.69) is 31.9 Å². The number of carboxylic acid groups (broad SMARTS) is 1. The summed E-state index contributed by atoms with van der Waals surface area (Å²) in [5.74, 6) is -2.74. The largest absolute Gasteiger partial charge is 0.481 e. The van der Waals surface area contributed by atoms with Crippen molar-refractivity contribution in [2.45, 2.75) is 271 Å². The Morgan fingerprint density at radius 2 is 0.577 bits per heavy atom. The van der Waals surface area contributed by atoms with E-state index >= 15 is 0 Å². The summed E-state index contributed by atoms with van der Waals surface area (Å²) in [6.45, 7) is -1.31. The van der Waals surface area contributed by atoms with Crippen LogP contribution in [0.2, 0.25) is 0 Å². The van der Waals surface area contributed by atoms with Crippen molar-refractivity contribution >= 4 is 47.2 Å². The van der Waals surface area contributed by atoms with Gasteiger partial charge in [0, 0.05) is 110 Å². The number of hydrogen-bond donors (Lipinski definition) is 19. The molecule has 0 spiro atoms. The summed E-state index contributed by atoms with van der Waals surface area (Å²) in [6, 6.07) is 0. The molecule has 0 aromatic rings. The Morgan fingerprint density at radius 3 is 0.913 bits per heavy atom. The highest BCUT2D eigenvalue weighted by Gasteiger charge is 2.46. The van der Waals surface area contributed by atoms with Crippen LogP contribution in [-0.2, 0) is 81.0 Å². The molecule has 0 aromatic heterocycles. The maximum atomic E-state index is 13.8. The monoisotopic (exact) mass is 1500 g/mol. The van der Waals surface area contributed by atoms with E-state index in [1.807, 2.05) is 0 Å². The van der Waals surface area contributed by atoms with Crippen molar-refractivity contribution in [2.24, 2.45) is 0 Å². The molecule has 36 nitrogen and oxygen atoms in total. The molecule has 104 heavy (non-hydrogen) atoms. The summed E-state index contributed by atoms with van der Waals surface area (Å²) in [5, 5.41) is 144. The Kier molecular flexibility index (Phi) is 49.8. The minimum Gasteiger partial charge on any atom is -0.481 e. The Morgan fingerprint density at radius 1 is 0.298 bits per heavy atom. The van der Waals surface area contributed by atoms with Gasteiger partial charge in [-0.15, -0.1) is 0 Å². The second kappa shape index (κ2) is 55.5. The fraction of sp³-hybridized carbons (Fsp3) is 0.882. The zero-order chi connectivity index (χ0) is 76.5. The van der Waals surface area contributed by atoms with Crippen LogP contribution in [0.25, 0.3) is 0 Å². The van der Waals surface area contributed by atoms with E-state index in [1.165, 1.54) is 0 Å². The molecule has 0 saturated carbocycles. The third kappa shape index (κ3) is 39.3. The highest BCUT2D eigenvalue weighted by molar-refractivity contribution is 5.79. The zero-order valence-electron chi connectivity index (χ0n) is 60.0. The first-order valence-electron chi connectivity index (χ1n) is 36.8. The van der Waals surface area contributed by atoms with E-state index in [1.54, 1.807) is 0 Å². The number of amides is 6. The lowest BCUT2D eigenvalue weighted by atomic mass is 9.99. The van der Waals surface area contributed by atoms with Crippen molar-refractivity contribution < 1.29 is 147 Å². The Bertz CT molecular complexity index is 2180. The van der Waals surface area contributed by atoms with Gasteiger partial charge in [0.05, 0.1) is 59.5 Å². The van der Waals surface area contributed by atoms with Crippen molar-refractivity contribution in [2.75, 3.05) is 112 Å². The lowest BCUT2D eigenvalue weighted by Crippen LogP contribution is -2.59. The molecule has 3 fully saturated rings. The number of Topliss-reactive ketones (excluding diaryl/α,β-unsaturated/α-hetero) is 1. The van der Waals surface area contributed by atoms with E-state index < -0.39 is 123 Å². The lowest BCUT2D eigenvalue weighted by molar-refractivity contribution is -0.301. The molecule has 3 aliphatic rings. The smallest absolute Gasteiger partial charge is 0.303 e. The van der Waals surface area contributed by atoms with E-state index in [0.29, 0.717) is 77.0 Å². The Hall–Kier alpha value is -4.88. The topological polar surface area (TPSA) is 555 Å². The molecule has 15 atom stereocenters. The second-order valence-corrected chi connectivity index (χ2v) is 26.5. The van der Waals surface area contributed by atoms with Gasteiger partial charge in [-0.25, -0.2) is 0 Å². The zero-order valence-corrected chi connectivity index (χ0v) is 60.0. The molecule has 0 radical (unpaired) electrons. The molecule has 36 heteroatoms. The fourth-order valence-electron chi connectivity index (χ4n) is 11.3. The summed E-state index contributed by atoms with van der Waals surface area (Å²) < 4.78 is 50.6. The first-order valence-corrected chi connectivity index (χ1v) is 36.8. The van der Waals surface area contributed by atoms with Crippen molar-refractivity contribution in [1.82, 2.24) is 31.9 Å². The number of carbonyl (C=O) groups is 8. The predicted octanol–water partition coefficient (Wildman–Crippen LogP) is -3.89. The van der Waals surface area contributed by atoms with Gasteiger partial charge >= 0.3 is 5.97 Å². The minimum atomic E-state index is -1.57. The molecule has 6 unspecified atom stereocenters. The summed E-state index contributed by atoms with van der Waals surface area (Å²) in [4.78, 5) is 101. The minimum absolute atomic E-state index is 0.00330. The van der Waals surface area contributed by atoms with Gasteiger partial charge < -0.3 is 141 Å². The first kappa shape index (κ1) is 93.3. The van der Waals surface area contributed by atoms with Gasteiger partial charge in [0.2, 0.25) is 35.4 Å². The van der Waals surface area contributed by atoms with Crippen LogP contribution in [-0.4, -0.2) is 323 Å². The number of aliphatic carboxylic acids is 1. The van der Waals surface area contributed by atoms with Crippen LogP contribution in [0, 0.1) is 0 Å². The molecular formula is C68H122N6O30. The highest BCUT2D eigenvalue weighted by atomic mass is 16.7. The van der Waals surface area contributed by atoms with Crippen LogP contribution in [0.15, 0.2) is 0 Å². The quantitative estimate of drug-likeness (QED) is 0.0259. The molecule has 3 rings (SSSR count). The molecule has 0 bridgehead atoms. The van der Waals surface area contributed by atoms with Gasteiger partial charge in [0.1, 0.15) is 84.6 Å². The normalized spacial score (nSPS) is 25.3. The number of carboxylic acids is 1. The molecule has 6 amide bonds. The SMILES string of the molecule is O=C(O)CCCCCCCCCCC(=O)NC(COCCC(=O)NCCCCC(=O)CCCCO[C@H]1OC(CO)[C@@H](O)[C@H](O)C1O)(COCCC(=O)NCCCNC(=O)CCCCO[C@H]1OC(CO)[C@@H](O)[C@H](O)C1O)COCCC(=O)NCCCNC(=O)CCCCO[C@H]1OC(CO)[C@@H](O)[C@H](O)C1O. The standard InChI is InChI=1S/C68H122N6O30/c75-39-46-56(87)59(90)62(93)65(102-46)99-33-14-10-20-45(78)19-9-13-28-69-51(81)25-36-96-42-68(74-54(84)23-7-5-3-1-2-4-6-8-24-55(85)86,43-97-37-26-52(82)72-31-17-29-70-49(79)21-11-15-34-100-66-63(94)60(91)57(88)47(40-76)103-66)44-98-38-27-53(83)73-32-18-30-71-50(80)22-12-16-35-101-67-64(95)61(92)58(89)48(41-77)104-67/h46-48,56-67,75-77,87-95H,1-44H2,(H,69,81)(H,70,79)(H,71,80)(H,72,82)(H,73,83)(H,74,84)(H,85,86)/t46?,47?,48?,56-,57-,58-,59+,60+,61+,62?,63?,64?,65+,66+,67+,68?/m1/s1. The van der Waals surface area contributed by atoms with Gasteiger partial charge in [-0.05, 0) is 77.0 Å². The molecule has 19 N–H and O–H groups in total. The maximum absolute atomic E-state index is 13.8. The number of aliphatic hydroxyl groups excluding tert-OH is 12. The number of carbonyl (C=O) groups excluding carboxylic acids is 7. The molecule has 3 aliphatic heterocycles.